The van der Waals surface area contributed by atoms with Gasteiger partial charge in [-0.05, 0) is 38.1 Å². The van der Waals surface area contributed by atoms with Gasteiger partial charge in [-0.25, -0.2) is 4.39 Å². The summed E-state index contributed by atoms with van der Waals surface area (Å²) in [6.45, 7) is 4.49. The van der Waals surface area contributed by atoms with Crippen LogP contribution in [-0.4, -0.2) is 19.0 Å². The Bertz CT molecular complexity index is 767. The van der Waals surface area contributed by atoms with Crippen molar-refractivity contribution in [2.24, 2.45) is 4.99 Å². The number of nitrogens with one attached hydrogen (secondary N) is 2. The Balaban J connectivity index is 0.00000312. The molecule has 0 radical (unpaired) electrons. The second-order valence-corrected chi connectivity index (χ2v) is 6.98. The summed E-state index contributed by atoms with van der Waals surface area (Å²) in [5.74, 6) is 0.235. The van der Waals surface area contributed by atoms with E-state index in [1.807, 2.05) is 6.07 Å². The van der Waals surface area contributed by atoms with Crippen LogP contribution in [0.25, 0.3) is 0 Å². The van der Waals surface area contributed by atoms with Crippen molar-refractivity contribution in [2.45, 2.75) is 32.9 Å². The lowest BCUT2D eigenvalue weighted by molar-refractivity contribution is 0.600. The number of halogens is 2. The van der Waals surface area contributed by atoms with E-state index >= 15 is 0 Å². The third-order valence-electron chi connectivity index (χ3n) is 3.54. The average Bonchev–Trinajstić information content (AvgIpc) is 2.96. The van der Waals surface area contributed by atoms with Gasteiger partial charge < -0.3 is 10.6 Å². The molecule has 0 saturated carbocycles. The van der Waals surface area contributed by atoms with Gasteiger partial charge in [0.25, 0.3) is 0 Å². The first kappa shape index (κ1) is 21.4. The molecule has 2 aromatic rings. The first-order valence-corrected chi connectivity index (χ1v) is 8.54. The Kier molecular flexibility index (Phi) is 8.86. The molecule has 4 nitrogen and oxygen atoms in total. The summed E-state index contributed by atoms with van der Waals surface area (Å²) < 4.78 is 13.9. The maximum Gasteiger partial charge on any atom is 0.191 e. The SMILES string of the molecule is CN=C(NCc1ccc(C#N)cc1F)NC(C)Cc1ccc(C)s1.I. The Hall–Kier alpha value is -1.66. The fraction of sp³-hybridized carbons (Fsp3) is 0.333. The van der Waals surface area contributed by atoms with Crippen molar-refractivity contribution in [1.82, 2.24) is 10.6 Å². The summed E-state index contributed by atoms with van der Waals surface area (Å²) in [5, 5.41) is 15.2. The summed E-state index contributed by atoms with van der Waals surface area (Å²) in [7, 11) is 1.69. The molecule has 0 amide bonds. The quantitative estimate of drug-likeness (QED) is 0.393. The molecule has 0 aliphatic carbocycles. The Morgan fingerprint density at radius 2 is 2.12 bits per heavy atom. The van der Waals surface area contributed by atoms with Crippen LogP contribution in [0.15, 0.2) is 35.3 Å². The highest BCUT2D eigenvalue weighted by Crippen LogP contribution is 2.16. The molecular weight excluding hydrogens is 450 g/mol. The van der Waals surface area contributed by atoms with Crippen molar-refractivity contribution in [2.75, 3.05) is 7.05 Å². The molecule has 0 fully saturated rings. The van der Waals surface area contributed by atoms with Crippen LogP contribution in [0.5, 0.6) is 0 Å². The standard InChI is InChI=1S/C18H21FN4S.HI/c1-12(8-16-7-4-13(2)24-16)23-18(21-3)22-11-15-6-5-14(10-20)9-17(15)19;/h4-7,9,12H,8,11H2,1-3H3,(H2,21,22,23);1H. The normalized spacial score (nSPS) is 12.0. The first-order valence-electron chi connectivity index (χ1n) is 7.73. The zero-order chi connectivity index (χ0) is 17.5. The molecule has 2 rings (SSSR count). The van der Waals surface area contributed by atoms with Crippen LogP contribution in [0, 0.1) is 24.1 Å². The summed E-state index contributed by atoms with van der Waals surface area (Å²) in [4.78, 5) is 6.80. The molecule has 25 heavy (non-hydrogen) atoms. The number of thiophene rings is 1. The third-order valence-corrected chi connectivity index (χ3v) is 4.56. The molecule has 1 aromatic heterocycles. The van der Waals surface area contributed by atoms with E-state index in [9.17, 15) is 4.39 Å². The van der Waals surface area contributed by atoms with Gasteiger partial charge in [-0.3, -0.25) is 4.99 Å². The van der Waals surface area contributed by atoms with Crippen molar-refractivity contribution >= 4 is 41.3 Å². The van der Waals surface area contributed by atoms with E-state index in [2.05, 4.69) is 41.6 Å². The number of benzene rings is 1. The van der Waals surface area contributed by atoms with Crippen LogP contribution in [0.3, 0.4) is 0 Å². The van der Waals surface area contributed by atoms with E-state index in [0.717, 1.165) is 6.42 Å². The highest BCUT2D eigenvalue weighted by atomic mass is 127. The third kappa shape index (κ3) is 6.63. The monoisotopic (exact) mass is 472 g/mol. The van der Waals surface area contributed by atoms with Gasteiger partial charge in [0.1, 0.15) is 5.82 Å². The molecule has 0 aliphatic heterocycles. The van der Waals surface area contributed by atoms with Gasteiger partial charge in [0, 0.05) is 41.4 Å². The predicted octanol–water partition coefficient (Wildman–Crippen LogP) is 3.98. The van der Waals surface area contributed by atoms with Gasteiger partial charge in [-0.2, -0.15) is 5.26 Å². The van der Waals surface area contributed by atoms with Crippen molar-refractivity contribution in [3.63, 3.8) is 0 Å². The molecule has 2 N–H and O–H groups in total. The van der Waals surface area contributed by atoms with Crippen molar-refractivity contribution in [1.29, 1.82) is 5.26 Å². The largest absolute Gasteiger partial charge is 0.354 e. The number of nitrogens with zero attached hydrogens (tertiary/aromatic N) is 2. The number of rotatable bonds is 5. The van der Waals surface area contributed by atoms with Gasteiger partial charge in [0.15, 0.2) is 5.96 Å². The van der Waals surface area contributed by atoms with Crippen molar-refractivity contribution < 1.29 is 4.39 Å². The minimum absolute atomic E-state index is 0. The molecule has 1 atom stereocenters. The van der Waals surface area contributed by atoms with Crippen LogP contribution < -0.4 is 10.6 Å². The fourth-order valence-electron chi connectivity index (χ4n) is 2.31. The number of nitriles is 1. The Morgan fingerprint density at radius 1 is 1.36 bits per heavy atom. The van der Waals surface area contributed by atoms with Crippen molar-refractivity contribution in [3.05, 3.63) is 57.0 Å². The van der Waals surface area contributed by atoms with E-state index < -0.39 is 0 Å². The predicted molar refractivity (Wildman–Crippen MR) is 112 cm³/mol. The smallest absolute Gasteiger partial charge is 0.191 e. The minimum Gasteiger partial charge on any atom is -0.354 e. The minimum atomic E-state index is -0.390. The Morgan fingerprint density at radius 3 is 2.68 bits per heavy atom. The lowest BCUT2D eigenvalue weighted by Crippen LogP contribution is -2.42. The highest BCUT2D eigenvalue weighted by molar-refractivity contribution is 14.0. The average molecular weight is 472 g/mol. The van der Waals surface area contributed by atoms with E-state index in [0.29, 0.717) is 23.6 Å². The zero-order valence-electron chi connectivity index (χ0n) is 14.5. The molecular formula is C18H22FIN4S. The zero-order valence-corrected chi connectivity index (χ0v) is 17.6. The fourth-order valence-corrected chi connectivity index (χ4v) is 3.33. The molecule has 0 spiro atoms. The Labute approximate surface area is 169 Å². The number of hydrogen-bond donors (Lipinski definition) is 2. The van der Waals surface area contributed by atoms with Gasteiger partial charge in [-0.15, -0.1) is 35.3 Å². The molecule has 0 bridgehead atoms. The molecule has 1 aromatic carbocycles. The summed E-state index contributed by atoms with van der Waals surface area (Å²) >= 11 is 1.79. The van der Waals surface area contributed by atoms with Crippen molar-refractivity contribution in [3.8, 4) is 6.07 Å². The number of aliphatic imine (C=N–C) groups is 1. The van der Waals surface area contributed by atoms with E-state index in [1.165, 1.54) is 15.8 Å². The first-order chi connectivity index (χ1) is 11.5. The van der Waals surface area contributed by atoms with Gasteiger partial charge in [0.2, 0.25) is 0 Å². The molecule has 0 aliphatic rings. The second kappa shape index (κ2) is 10.4. The molecule has 134 valence electrons. The van der Waals surface area contributed by atoms with Gasteiger partial charge >= 0.3 is 0 Å². The summed E-state index contributed by atoms with van der Waals surface area (Å²) in [6.07, 6.45) is 0.907. The molecule has 0 saturated heterocycles. The summed E-state index contributed by atoms with van der Waals surface area (Å²) in [5.41, 5.74) is 0.817. The van der Waals surface area contributed by atoms with Crippen LogP contribution in [0.4, 0.5) is 4.39 Å². The molecule has 1 heterocycles. The van der Waals surface area contributed by atoms with E-state index in [4.69, 9.17) is 5.26 Å². The number of hydrogen-bond acceptors (Lipinski definition) is 3. The number of aryl methyl sites for hydroxylation is 1. The van der Waals surface area contributed by atoms with Crippen LogP contribution in [0.2, 0.25) is 0 Å². The highest BCUT2D eigenvalue weighted by Gasteiger charge is 2.09. The van der Waals surface area contributed by atoms with Gasteiger partial charge in [-0.1, -0.05) is 6.07 Å². The van der Waals surface area contributed by atoms with E-state index in [1.54, 1.807) is 30.5 Å². The maximum absolute atomic E-state index is 13.9. The second-order valence-electron chi connectivity index (χ2n) is 5.61. The summed E-state index contributed by atoms with van der Waals surface area (Å²) in [6, 6.07) is 10.9. The van der Waals surface area contributed by atoms with Crippen LogP contribution in [-0.2, 0) is 13.0 Å². The molecule has 1 unspecified atom stereocenters. The molecule has 7 heteroatoms. The lowest BCUT2D eigenvalue weighted by atomic mass is 10.1. The number of guanidine groups is 1. The lowest BCUT2D eigenvalue weighted by Gasteiger charge is -2.17. The van der Waals surface area contributed by atoms with Gasteiger partial charge in [0.05, 0.1) is 11.6 Å². The topological polar surface area (TPSA) is 60.2 Å². The van der Waals surface area contributed by atoms with E-state index in [-0.39, 0.29) is 35.8 Å². The maximum atomic E-state index is 13.9. The van der Waals surface area contributed by atoms with Crippen LogP contribution >= 0.6 is 35.3 Å². The van der Waals surface area contributed by atoms with Crippen LogP contribution in [0.1, 0.15) is 27.8 Å².